The Labute approximate surface area is 165 Å². The van der Waals surface area contributed by atoms with Crippen LogP contribution in [0, 0.1) is 10.1 Å². The van der Waals surface area contributed by atoms with Gasteiger partial charge < -0.3 is 14.8 Å². The van der Waals surface area contributed by atoms with Crippen molar-refractivity contribution in [1.82, 2.24) is 0 Å². The van der Waals surface area contributed by atoms with Crippen molar-refractivity contribution in [2.24, 2.45) is 0 Å². The van der Waals surface area contributed by atoms with Crippen LogP contribution in [0.5, 0.6) is 5.75 Å². The van der Waals surface area contributed by atoms with Gasteiger partial charge in [0.2, 0.25) is 5.91 Å². The molecule has 0 aliphatic carbocycles. The van der Waals surface area contributed by atoms with Crippen molar-refractivity contribution in [3.05, 3.63) is 58.6 Å². The van der Waals surface area contributed by atoms with Gasteiger partial charge in [0.15, 0.2) is 6.61 Å². The Morgan fingerprint density at radius 2 is 1.90 bits per heavy atom. The Balaban J connectivity index is 1.59. The number of fused-ring (bicyclic) bond motifs is 1. The van der Waals surface area contributed by atoms with E-state index in [1.807, 2.05) is 0 Å². The Hall–Kier alpha value is -3.95. The minimum Gasteiger partial charge on any atom is -0.491 e. The Morgan fingerprint density at radius 1 is 1.17 bits per heavy atom. The maximum absolute atomic E-state index is 12.3. The van der Waals surface area contributed by atoms with Crippen LogP contribution >= 0.6 is 0 Å². The highest BCUT2D eigenvalue weighted by molar-refractivity contribution is 6.00. The lowest BCUT2D eigenvalue weighted by molar-refractivity contribution is -0.383. The summed E-state index contributed by atoms with van der Waals surface area (Å²) in [4.78, 5) is 48.0. The second-order valence-electron chi connectivity index (χ2n) is 6.03. The molecule has 10 heteroatoms. The number of carbonyl (C=O) groups excluding carboxylic acids is 3. The zero-order chi connectivity index (χ0) is 20.8. The van der Waals surface area contributed by atoms with Crippen LogP contribution < -0.4 is 15.0 Å². The standard InChI is InChI=1S/C19H17N3O7/c23-17(20-13-5-1-2-6-14(13)22(26)27)12-29-19(25)11-21-15-7-3-4-8-16(15)28-10-9-18(21)24/h1-8H,9-12H2,(H,20,23). The van der Waals surface area contributed by atoms with Crippen LogP contribution in [-0.4, -0.2) is 42.5 Å². The van der Waals surface area contributed by atoms with Gasteiger partial charge in [-0.3, -0.25) is 29.4 Å². The molecule has 2 aromatic carbocycles. The molecule has 3 rings (SSSR count). The second-order valence-corrected chi connectivity index (χ2v) is 6.03. The predicted octanol–water partition coefficient (Wildman–Crippen LogP) is 1.89. The smallest absolute Gasteiger partial charge is 0.326 e. The number of nitrogens with zero attached hydrogens (tertiary/aromatic N) is 2. The topological polar surface area (TPSA) is 128 Å². The third kappa shape index (κ3) is 4.86. The first-order valence-electron chi connectivity index (χ1n) is 8.67. The van der Waals surface area contributed by atoms with Gasteiger partial charge in [-0.25, -0.2) is 0 Å². The molecule has 29 heavy (non-hydrogen) atoms. The maximum atomic E-state index is 12.3. The molecule has 1 aliphatic rings. The highest BCUT2D eigenvalue weighted by Gasteiger charge is 2.26. The summed E-state index contributed by atoms with van der Waals surface area (Å²) in [7, 11) is 0. The molecule has 0 radical (unpaired) electrons. The first-order valence-corrected chi connectivity index (χ1v) is 8.67. The Kier molecular flexibility index (Phi) is 6.03. The highest BCUT2D eigenvalue weighted by Crippen LogP contribution is 2.30. The molecule has 0 bridgehead atoms. The number of hydrogen-bond acceptors (Lipinski definition) is 7. The van der Waals surface area contributed by atoms with Gasteiger partial charge in [-0.2, -0.15) is 0 Å². The monoisotopic (exact) mass is 399 g/mol. The summed E-state index contributed by atoms with van der Waals surface area (Å²) >= 11 is 0. The summed E-state index contributed by atoms with van der Waals surface area (Å²) in [5, 5.41) is 13.3. The largest absolute Gasteiger partial charge is 0.491 e. The van der Waals surface area contributed by atoms with E-state index in [1.165, 1.54) is 29.2 Å². The average Bonchev–Trinajstić information content (AvgIpc) is 2.86. The number of para-hydroxylation sites is 4. The summed E-state index contributed by atoms with van der Waals surface area (Å²) < 4.78 is 10.4. The number of benzene rings is 2. The number of rotatable bonds is 6. The molecule has 0 unspecified atom stereocenters. The van der Waals surface area contributed by atoms with E-state index in [9.17, 15) is 24.5 Å². The van der Waals surface area contributed by atoms with Crippen LogP contribution in [0.25, 0.3) is 0 Å². The van der Waals surface area contributed by atoms with Gasteiger partial charge >= 0.3 is 5.97 Å². The van der Waals surface area contributed by atoms with E-state index in [-0.39, 0.29) is 30.3 Å². The van der Waals surface area contributed by atoms with Gasteiger partial charge in [-0.15, -0.1) is 0 Å². The van der Waals surface area contributed by atoms with Crippen molar-refractivity contribution in [2.45, 2.75) is 6.42 Å². The highest BCUT2D eigenvalue weighted by atomic mass is 16.6. The summed E-state index contributed by atoms with van der Waals surface area (Å²) in [6.07, 6.45) is 0.0973. The van der Waals surface area contributed by atoms with Crippen molar-refractivity contribution >= 4 is 34.8 Å². The lowest BCUT2D eigenvalue weighted by Crippen LogP contribution is -2.37. The Morgan fingerprint density at radius 3 is 2.69 bits per heavy atom. The van der Waals surface area contributed by atoms with Crippen molar-refractivity contribution in [2.75, 3.05) is 30.0 Å². The minimum absolute atomic E-state index is 0.00711. The lowest BCUT2D eigenvalue weighted by Gasteiger charge is -2.20. The van der Waals surface area contributed by atoms with Gasteiger partial charge in [0, 0.05) is 6.07 Å². The van der Waals surface area contributed by atoms with E-state index < -0.39 is 30.0 Å². The first-order chi connectivity index (χ1) is 14.0. The number of ether oxygens (including phenoxy) is 2. The molecule has 0 saturated heterocycles. The molecule has 0 saturated carbocycles. The van der Waals surface area contributed by atoms with Crippen molar-refractivity contribution < 1.29 is 28.8 Å². The lowest BCUT2D eigenvalue weighted by atomic mass is 10.2. The molecule has 1 heterocycles. The molecule has 150 valence electrons. The quantitative estimate of drug-likeness (QED) is 0.446. The van der Waals surface area contributed by atoms with Crippen LogP contribution in [0.15, 0.2) is 48.5 Å². The minimum atomic E-state index is -0.798. The van der Waals surface area contributed by atoms with Gasteiger partial charge in [-0.1, -0.05) is 24.3 Å². The molecular formula is C19H17N3O7. The summed E-state index contributed by atoms with van der Waals surface area (Å²) in [6.45, 7) is -0.845. The van der Waals surface area contributed by atoms with Gasteiger partial charge in [0.1, 0.15) is 18.0 Å². The van der Waals surface area contributed by atoms with Crippen LogP contribution in [-0.2, 0) is 19.1 Å². The van der Waals surface area contributed by atoms with Crippen LogP contribution in [0.2, 0.25) is 0 Å². The third-order valence-electron chi connectivity index (χ3n) is 4.06. The molecular weight excluding hydrogens is 382 g/mol. The fourth-order valence-corrected chi connectivity index (χ4v) is 2.74. The van der Waals surface area contributed by atoms with Crippen LogP contribution in [0.1, 0.15) is 6.42 Å². The van der Waals surface area contributed by atoms with Gasteiger partial charge in [0.25, 0.3) is 11.6 Å². The average molecular weight is 399 g/mol. The number of carbonyl (C=O) groups is 3. The number of nitro groups is 1. The van der Waals surface area contributed by atoms with E-state index in [0.29, 0.717) is 11.4 Å². The molecule has 1 aliphatic heterocycles. The molecule has 0 spiro atoms. The van der Waals surface area contributed by atoms with Crippen molar-refractivity contribution in [3.8, 4) is 5.75 Å². The van der Waals surface area contributed by atoms with E-state index >= 15 is 0 Å². The second kappa shape index (κ2) is 8.83. The number of nitrogens with one attached hydrogen (secondary N) is 1. The molecule has 2 amide bonds. The Bertz CT molecular complexity index is 960. The predicted molar refractivity (Wildman–Crippen MR) is 102 cm³/mol. The molecule has 0 aromatic heterocycles. The van der Waals surface area contributed by atoms with Crippen LogP contribution in [0.4, 0.5) is 17.1 Å². The molecule has 1 N–H and O–H groups in total. The van der Waals surface area contributed by atoms with Crippen molar-refractivity contribution in [1.29, 1.82) is 0 Å². The maximum Gasteiger partial charge on any atom is 0.326 e. The molecule has 0 atom stereocenters. The zero-order valence-corrected chi connectivity index (χ0v) is 15.2. The number of amides is 2. The number of hydrogen-bond donors (Lipinski definition) is 1. The fraction of sp³-hybridized carbons (Fsp3) is 0.211. The first kappa shape index (κ1) is 19.8. The number of nitro benzene ring substituents is 1. The van der Waals surface area contributed by atoms with E-state index in [2.05, 4.69) is 5.32 Å². The SMILES string of the molecule is O=C(COC(=O)CN1C(=O)CCOc2ccccc21)Nc1ccccc1[N+](=O)[O-]. The van der Waals surface area contributed by atoms with Gasteiger partial charge in [-0.05, 0) is 18.2 Å². The molecule has 0 fully saturated rings. The van der Waals surface area contributed by atoms with Crippen LogP contribution in [0.3, 0.4) is 0 Å². The molecule has 2 aromatic rings. The zero-order valence-electron chi connectivity index (χ0n) is 15.2. The van der Waals surface area contributed by atoms with E-state index in [4.69, 9.17) is 9.47 Å². The molecule has 10 nitrogen and oxygen atoms in total. The third-order valence-corrected chi connectivity index (χ3v) is 4.06. The van der Waals surface area contributed by atoms with E-state index in [1.54, 1.807) is 24.3 Å². The summed E-state index contributed by atoms with van der Waals surface area (Å²) in [5.74, 6) is -1.37. The normalized spacial score (nSPS) is 13.0. The number of esters is 1. The summed E-state index contributed by atoms with van der Waals surface area (Å²) in [6, 6.07) is 12.4. The fourth-order valence-electron chi connectivity index (χ4n) is 2.74. The summed E-state index contributed by atoms with van der Waals surface area (Å²) in [5.41, 5.74) is 0.155. The number of anilines is 2. The van der Waals surface area contributed by atoms with Crippen molar-refractivity contribution in [3.63, 3.8) is 0 Å². The van der Waals surface area contributed by atoms with E-state index in [0.717, 1.165) is 0 Å². The van der Waals surface area contributed by atoms with Gasteiger partial charge in [0.05, 0.1) is 23.6 Å².